The molecular formula is C20H22F3NO4S. The molecule has 0 heterocycles. The molecule has 5 nitrogen and oxygen atoms in total. The summed E-state index contributed by atoms with van der Waals surface area (Å²) >= 11 is -1.74. The molecule has 0 bridgehead atoms. The Labute approximate surface area is 170 Å². The van der Waals surface area contributed by atoms with Gasteiger partial charge in [0.25, 0.3) is 5.91 Å². The first-order valence-corrected chi connectivity index (χ1v) is 10.2. The summed E-state index contributed by atoms with van der Waals surface area (Å²) < 4.78 is 54.8. The number of nitrogens with zero attached hydrogens (tertiary/aromatic N) is 1. The molecule has 9 heteroatoms. The van der Waals surface area contributed by atoms with Gasteiger partial charge in [-0.25, -0.2) is 9.10 Å². The van der Waals surface area contributed by atoms with Crippen molar-refractivity contribution < 1.29 is 31.4 Å². The van der Waals surface area contributed by atoms with Crippen LogP contribution in [0.15, 0.2) is 48.5 Å². The molecule has 2 atom stereocenters. The number of carbonyl (C=O) groups is 1. The molecule has 0 N–H and O–H groups in total. The Morgan fingerprint density at radius 2 is 1.83 bits per heavy atom. The topological polar surface area (TPSA) is 55.8 Å². The molecule has 0 spiro atoms. The van der Waals surface area contributed by atoms with Gasteiger partial charge in [-0.1, -0.05) is 42.0 Å². The molecule has 2 rings (SSSR count). The predicted molar refractivity (Wildman–Crippen MR) is 103 cm³/mol. The van der Waals surface area contributed by atoms with Crippen LogP contribution in [0.2, 0.25) is 0 Å². The quantitative estimate of drug-likeness (QED) is 0.470. The molecule has 1 amide bonds. The smallest absolute Gasteiger partial charge is 0.343 e. The van der Waals surface area contributed by atoms with E-state index in [4.69, 9.17) is 4.89 Å². The third kappa shape index (κ3) is 6.95. The van der Waals surface area contributed by atoms with E-state index in [1.807, 2.05) is 0 Å². The van der Waals surface area contributed by atoms with Crippen LogP contribution in [0.3, 0.4) is 0 Å². The van der Waals surface area contributed by atoms with Gasteiger partial charge in [-0.2, -0.15) is 13.2 Å². The molecule has 0 saturated carbocycles. The zero-order valence-electron chi connectivity index (χ0n) is 16.2. The van der Waals surface area contributed by atoms with Gasteiger partial charge >= 0.3 is 6.18 Å². The van der Waals surface area contributed by atoms with Crippen molar-refractivity contribution in [2.75, 3.05) is 19.8 Å². The number of hydrogen-bond donors (Lipinski definition) is 0. The summed E-state index contributed by atoms with van der Waals surface area (Å²) in [5.41, 5.74) is 0.753. The highest BCUT2D eigenvalue weighted by atomic mass is 32.2. The molecule has 0 aromatic heterocycles. The molecule has 0 aliphatic carbocycles. The molecule has 2 aromatic rings. The van der Waals surface area contributed by atoms with Gasteiger partial charge in [-0.15, -0.1) is 4.33 Å². The molecular weight excluding hydrogens is 407 g/mol. The lowest BCUT2D eigenvalue weighted by molar-refractivity contribution is -0.238. The van der Waals surface area contributed by atoms with Gasteiger partial charge in [0, 0.05) is 19.8 Å². The molecule has 29 heavy (non-hydrogen) atoms. The van der Waals surface area contributed by atoms with E-state index in [-0.39, 0.29) is 13.0 Å². The maximum atomic E-state index is 13.0. The second-order valence-corrected chi connectivity index (χ2v) is 7.51. The van der Waals surface area contributed by atoms with Crippen molar-refractivity contribution in [2.24, 2.45) is 0 Å². The summed E-state index contributed by atoms with van der Waals surface area (Å²) in [7, 11) is 1.52. The average molecular weight is 429 g/mol. The Kier molecular flexibility index (Phi) is 7.95. The summed E-state index contributed by atoms with van der Waals surface area (Å²) in [5.74, 6) is -0.467. The molecule has 158 valence electrons. The van der Waals surface area contributed by atoms with Gasteiger partial charge in [0.15, 0.2) is 17.2 Å². The van der Waals surface area contributed by atoms with E-state index in [0.717, 1.165) is 12.1 Å². The molecule has 0 fully saturated rings. The second-order valence-electron chi connectivity index (χ2n) is 6.57. The number of aryl methyl sites for hydroxylation is 1. The van der Waals surface area contributed by atoms with E-state index in [1.165, 1.54) is 18.2 Å². The zero-order valence-corrected chi connectivity index (χ0v) is 17.0. The fourth-order valence-corrected chi connectivity index (χ4v) is 2.93. The van der Waals surface area contributed by atoms with E-state index < -0.39 is 34.8 Å². The van der Waals surface area contributed by atoms with E-state index in [9.17, 15) is 22.2 Å². The van der Waals surface area contributed by atoms with Crippen LogP contribution in [-0.2, 0) is 37.7 Å². The van der Waals surface area contributed by atoms with Crippen LogP contribution in [0.25, 0.3) is 0 Å². The minimum Gasteiger partial charge on any atom is -0.343 e. The number of halogens is 3. The lowest BCUT2D eigenvalue weighted by atomic mass is 10.0. The number of rotatable bonds is 8. The first-order valence-electron chi connectivity index (χ1n) is 8.73. The largest absolute Gasteiger partial charge is 0.416 e. The minimum absolute atomic E-state index is 0.168. The number of carbonyl (C=O) groups excluding carboxylic acids is 1. The van der Waals surface area contributed by atoms with Crippen molar-refractivity contribution in [1.82, 2.24) is 4.90 Å². The van der Waals surface area contributed by atoms with Crippen molar-refractivity contribution in [3.05, 3.63) is 70.8 Å². The predicted octanol–water partition coefficient (Wildman–Crippen LogP) is 4.00. The summed E-state index contributed by atoms with van der Waals surface area (Å²) in [6.45, 7) is 1.76. The van der Waals surface area contributed by atoms with Crippen LogP contribution in [0, 0.1) is 6.92 Å². The van der Waals surface area contributed by atoms with Gasteiger partial charge in [0.1, 0.15) is 0 Å². The third-order valence-electron chi connectivity index (χ3n) is 4.13. The van der Waals surface area contributed by atoms with Crippen molar-refractivity contribution in [1.29, 1.82) is 0 Å². The number of alkyl halides is 3. The van der Waals surface area contributed by atoms with E-state index >= 15 is 0 Å². The average Bonchev–Trinajstić information content (AvgIpc) is 2.65. The van der Waals surface area contributed by atoms with E-state index in [1.54, 1.807) is 43.3 Å². The van der Waals surface area contributed by atoms with E-state index in [0.29, 0.717) is 16.7 Å². The standard InChI is InChI=1S/C20H22F3NO4S/c1-14-11-15(13-17(12-14)20(21,22)23)9-10-24(2)19(25)18(27-28-29(3)26)16-7-5-4-6-8-16/h4-8,11-13,18H,9-10H2,1-3H3/t18-,29?/m1/s1. The van der Waals surface area contributed by atoms with Crippen molar-refractivity contribution in [2.45, 2.75) is 25.6 Å². The molecule has 0 saturated heterocycles. The number of hydrogen-bond acceptors (Lipinski definition) is 4. The highest BCUT2D eigenvalue weighted by Crippen LogP contribution is 2.30. The maximum absolute atomic E-state index is 13.0. The lowest BCUT2D eigenvalue weighted by Gasteiger charge is -2.23. The Balaban J connectivity index is 2.11. The summed E-state index contributed by atoms with van der Waals surface area (Å²) in [5, 5.41) is 0. The van der Waals surface area contributed by atoms with Crippen LogP contribution < -0.4 is 0 Å². The number of benzene rings is 2. The van der Waals surface area contributed by atoms with Gasteiger partial charge in [-0.3, -0.25) is 4.79 Å². The molecule has 1 unspecified atom stereocenters. The molecule has 0 aliphatic rings. The number of amides is 1. The molecule has 0 aliphatic heterocycles. The van der Waals surface area contributed by atoms with Crippen LogP contribution >= 0.6 is 0 Å². The summed E-state index contributed by atoms with van der Waals surface area (Å²) in [6, 6.07) is 12.3. The fourth-order valence-electron chi connectivity index (χ4n) is 2.74. The fraction of sp³-hybridized carbons (Fsp3) is 0.350. The normalized spacial score (nSPS) is 13.7. The van der Waals surface area contributed by atoms with Gasteiger partial charge in [0.2, 0.25) is 0 Å². The van der Waals surface area contributed by atoms with Crippen LogP contribution in [-0.4, -0.2) is 34.9 Å². The van der Waals surface area contributed by atoms with Crippen LogP contribution in [0.5, 0.6) is 0 Å². The first-order chi connectivity index (χ1) is 13.6. The zero-order chi connectivity index (χ0) is 21.6. The van der Waals surface area contributed by atoms with Crippen molar-refractivity contribution in [3.8, 4) is 0 Å². The minimum atomic E-state index is -4.43. The van der Waals surface area contributed by atoms with Gasteiger partial charge in [-0.05, 0) is 36.6 Å². The van der Waals surface area contributed by atoms with Crippen molar-refractivity contribution in [3.63, 3.8) is 0 Å². The SMILES string of the molecule is Cc1cc(CCN(C)C(=O)[C@H](OOS(C)=O)c2ccccc2)cc(C(F)(F)F)c1. The van der Waals surface area contributed by atoms with E-state index in [2.05, 4.69) is 4.33 Å². The Morgan fingerprint density at radius 3 is 2.41 bits per heavy atom. The second kappa shape index (κ2) is 10.00. The van der Waals surface area contributed by atoms with Crippen LogP contribution in [0.1, 0.15) is 28.4 Å². The monoisotopic (exact) mass is 429 g/mol. The van der Waals surface area contributed by atoms with Crippen LogP contribution in [0.4, 0.5) is 13.2 Å². The maximum Gasteiger partial charge on any atom is 0.416 e. The summed E-state index contributed by atoms with van der Waals surface area (Å²) in [4.78, 5) is 19.2. The molecule has 0 radical (unpaired) electrons. The Morgan fingerprint density at radius 1 is 1.17 bits per heavy atom. The first kappa shape index (κ1) is 23.1. The Bertz CT molecular complexity index is 859. The van der Waals surface area contributed by atoms with Gasteiger partial charge < -0.3 is 4.90 Å². The third-order valence-corrected chi connectivity index (χ3v) is 4.40. The lowest BCUT2D eigenvalue weighted by Crippen LogP contribution is -2.34. The number of likely N-dealkylation sites (N-methyl/N-ethyl adjacent to an activating group) is 1. The summed E-state index contributed by atoms with van der Waals surface area (Å²) in [6.07, 6.45) is -4.09. The van der Waals surface area contributed by atoms with Gasteiger partial charge in [0.05, 0.1) is 5.56 Å². The van der Waals surface area contributed by atoms with Crippen molar-refractivity contribution >= 4 is 17.0 Å². The highest BCUT2D eigenvalue weighted by molar-refractivity contribution is 7.79. The molecule has 2 aromatic carbocycles. The highest BCUT2D eigenvalue weighted by Gasteiger charge is 2.31. The Hall–Kier alpha value is -2.23.